The van der Waals surface area contributed by atoms with Crippen LogP contribution in [-0.4, -0.2) is 13.0 Å². The first-order valence-electron chi connectivity index (χ1n) is 3.04. The maximum Gasteiger partial charge on any atom is 0.296 e. The summed E-state index contributed by atoms with van der Waals surface area (Å²) >= 11 is 0. The zero-order valence-corrected chi connectivity index (χ0v) is 7.58. The fourth-order valence-corrected chi connectivity index (χ4v) is 1.43. The molecule has 0 aromatic heterocycles. The molecule has 0 aliphatic heterocycles. The normalized spacial score (nSPS) is 10.5. The number of para-hydroxylation sites is 1. The number of nitrogens with two attached hydrogens (primary N) is 2. The largest absolute Gasteiger partial charge is 0.397 e. The smallest absolute Gasteiger partial charge is 0.296 e. The van der Waals surface area contributed by atoms with Crippen molar-refractivity contribution in [2.45, 2.75) is 4.90 Å². The molecule has 1 aromatic carbocycles. The SMILES string of the molecule is N.Nc1cccc(S(=O)(=O)O)c1N. The lowest BCUT2D eigenvalue weighted by Crippen LogP contribution is -2.05. The molecule has 1 aromatic rings. The fourth-order valence-electron chi connectivity index (χ4n) is 0.786. The Balaban J connectivity index is 0.00000144. The summed E-state index contributed by atoms with van der Waals surface area (Å²) in [6, 6.07) is 4.03. The maximum atomic E-state index is 10.6. The molecule has 8 N–H and O–H groups in total. The zero-order valence-electron chi connectivity index (χ0n) is 6.77. The van der Waals surface area contributed by atoms with E-state index in [2.05, 4.69) is 0 Å². The molecule has 0 spiro atoms. The van der Waals surface area contributed by atoms with Crippen LogP contribution in [0.1, 0.15) is 0 Å². The molecule has 0 saturated carbocycles. The molecule has 13 heavy (non-hydrogen) atoms. The average molecular weight is 205 g/mol. The van der Waals surface area contributed by atoms with Gasteiger partial charge < -0.3 is 17.6 Å². The molecule has 6 nitrogen and oxygen atoms in total. The Labute approximate surface area is 75.9 Å². The highest BCUT2D eigenvalue weighted by atomic mass is 32.2. The van der Waals surface area contributed by atoms with Gasteiger partial charge in [0.05, 0.1) is 11.4 Å². The minimum absolute atomic E-state index is 0. The van der Waals surface area contributed by atoms with E-state index in [4.69, 9.17) is 16.0 Å². The summed E-state index contributed by atoms with van der Waals surface area (Å²) in [7, 11) is -4.26. The Morgan fingerprint density at radius 2 is 1.77 bits per heavy atom. The molecular weight excluding hydrogens is 194 g/mol. The summed E-state index contributed by atoms with van der Waals surface area (Å²) in [5.41, 5.74) is 10.6. The van der Waals surface area contributed by atoms with E-state index in [0.717, 1.165) is 0 Å². The highest BCUT2D eigenvalue weighted by Gasteiger charge is 2.14. The van der Waals surface area contributed by atoms with Crippen LogP contribution in [0.2, 0.25) is 0 Å². The number of hydrogen-bond donors (Lipinski definition) is 4. The molecule has 1 rings (SSSR count). The van der Waals surface area contributed by atoms with Crippen molar-refractivity contribution in [3.63, 3.8) is 0 Å². The lowest BCUT2D eigenvalue weighted by Gasteiger charge is -2.03. The van der Waals surface area contributed by atoms with Crippen molar-refractivity contribution < 1.29 is 13.0 Å². The van der Waals surface area contributed by atoms with E-state index < -0.39 is 10.1 Å². The van der Waals surface area contributed by atoms with Crippen molar-refractivity contribution in [2.24, 2.45) is 0 Å². The van der Waals surface area contributed by atoms with Gasteiger partial charge in [-0.3, -0.25) is 4.55 Å². The van der Waals surface area contributed by atoms with E-state index in [0.29, 0.717) is 0 Å². The number of rotatable bonds is 1. The molecule has 0 aliphatic carbocycles. The summed E-state index contributed by atoms with van der Waals surface area (Å²) in [5.74, 6) is 0. The van der Waals surface area contributed by atoms with Crippen LogP contribution in [-0.2, 0) is 10.1 Å². The molecule has 7 heteroatoms. The molecule has 0 unspecified atom stereocenters. The number of nitrogen functional groups attached to an aromatic ring is 2. The first-order chi connectivity index (χ1) is 5.43. The van der Waals surface area contributed by atoms with Crippen LogP contribution in [0.25, 0.3) is 0 Å². The van der Waals surface area contributed by atoms with E-state index >= 15 is 0 Å². The Bertz CT molecular complexity index is 402. The van der Waals surface area contributed by atoms with Crippen LogP contribution < -0.4 is 17.6 Å². The second-order valence-corrected chi connectivity index (χ2v) is 3.62. The summed E-state index contributed by atoms with van der Waals surface area (Å²) in [5, 5.41) is 0. The van der Waals surface area contributed by atoms with Gasteiger partial charge in [-0.25, -0.2) is 0 Å². The fraction of sp³-hybridized carbons (Fsp3) is 0. The van der Waals surface area contributed by atoms with Crippen LogP contribution in [0.4, 0.5) is 11.4 Å². The first-order valence-corrected chi connectivity index (χ1v) is 4.48. The van der Waals surface area contributed by atoms with Gasteiger partial charge in [-0.15, -0.1) is 0 Å². The standard InChI is InChI=1S/C6H8N2O3S.H3N/c7-4-2-1-3-5(6(4)8)12(9,10)11;/h1-3H,7-8H2,(H,9,10,11);1H3. The lowest BCUT2D eigenvalue weighted by molar-refractivity contribution is 0.483. The van der Waals surface area contributed by atoms with E-state index in [1.54, 1.807) is 0 Å². The second-order valence-electron chi connectivity index (χ2n) is 2.23. The molecule has 0 fully saturated rings. The van der Waals surface area contributed by atoms with Gasteiger partial charge in [0.15, 0.2) is 0 Å². The molecule has 0 saturated heterocycles. The Morgan fingerprint density at radius 1 is 1.23 bits per heavy atom. The minimum Gasteiger partial charge on any atom is -0.397 e. The molecule has 0 aliphatic rings. The first kappa shape index (κ1) is 11.7. The van der Waals surface area contributed by atoms with Crippen molar-refractivity contribution in [2.75, 3.05) is 11.5 Å². The Kier molecular flexibility index (Phi) is 3.24. The third-order valence-electron chi connectivity index (χ3n) is 1.38. The van der Waals surface area contributed by atoms with Gasteiger partial charge in [0, 0.05) is 0 Å². The van der Waals surface area contributed by atoms with Crippen molar-refractivity contribution in [3.8, 4) is 0 Å². The summed E-state index contributed by atoms with van der Waals surface area (Å²) < 4.78 is 29.9. The van der Waals surface area contributed by atoms with Crippen LogP contribution >= 0.6 is 0 Å². The van der Waals surface area contributed by atoms with Gasteiger partial charge in [0.1, 0.15) is 4.90 Å². The number of anilines is 2. The average Bonchev–Trinajstić information content (AvgIpc) is 1.92. The second kappa shape index (κ2) is 3.60. The molecule has 74 valence electrons. The molecule has 0 bridgehead atoms. The quantitative estimate of drug-likeness (QED) is 0.382. The summed E-state index contributed by atoms with van der Waals surface area (Å²) in [4.78, 5) is -0.359. The molecule has 0 heterocycles. The van der Waals surface area contributed by atoms with E-state index in [1.165, 1.54) is 18.2 Å². The maximum absolute atomic E-state index is 10.6. The molecule has 0 radical (unpaired) electrons. The summed E-state index contributed by atoms with van der Waals surface area (Å²) in [6.07, 6.45) is 0. The lowest BCUT2D eigenvalue weighted by atomic mass is 10.3. The highest BCUT2D eigenvalue weighted by Crippen LogP contribution is 2.23. The van der Waals surface area contributed by atoms with E-state index in [9.17, 15) is 8.42 Å². The van der Waals surface area contributed by atoms with Crippen molar-refractivity contribution in [1.82, 2.24) is 6.15 Å². The van der Waals surface area contributed by atoms with Gasteiger partial charge in [0.2, 0.25) is 0 Å². The Hall–Kier alpha value is -1.31. The van der Waals surface area contributed by atoms with Crippen LogP contribution in [0.3, 0.4) is 0 Å². The van der Waals surface area contributed by atoms with Crippen LogP contribution in [0.15, 0.2) is 23.1 Å². The van der Waals surface area contributed by atoms with Gasteiger partial charge in [-0.1, -0.05) is 6.07 Å². The topological polar surface area (TPSA) is 141 Å². The third-order valence-corrected chi connectivity index (χ3v) is 2.29. The van der Waals surface area contributed by atoms with Gasteiger partial charge in [0.25, 0.3) is 10.1 Å². The predicted molar refractivity (Wildman–Crippen MR) is 50.1 cm³/mol. The van der Waals surface area contributed by atoms with Crippen molar-refractivity contribution in [3.05, 3.63) is 18.2 Å². The van der Waals surface area contributed by atoms with Gasteiger partial charge in [-0.05, 0) is 12.1 Å². The van der Waals surface area contributed by atoms with Gasteiger partial charge >= 0.3 is 0 Å². The monoisotopic (exact) mass is 205 g/mol. The van der Waals surface area contributed by atoms with Crippen molar-refractivity contribution in [1.29, 1.82) is 0 Å². The van der Waals surface area contributed by atoms with E-state index in [-0.39, 0.29) is 22.4 Å². The molecular formula is C6H11N3O3S. The number of benzene rings is 1. The third kappa shape index (κ3) is 2.31. The zero-order chi connectivity index (χ0) is 9.35. The van der Waals surface area contributed by atoms with Crippen molar-refractivity contribution >= 4 is 21.5 Å². The number of hydrogen-bond acceptors (Lipinski definition) is 5. The van der Waals surface area contributed by atoms with Crippen LogP contribution in [0, 0.1) is 0 Å². The van der Waals surface area contributed by atoms with E-state index in [1.807, 2.05) is 0 Å². The summed E-state index contributed by atoms with van der Waals surface area (Å²) in [6.45, 7) is 0. The minimum atomic E-state index is -4.26. The van der Waals surface area contributed by atoms with Crippen LogP contribution in [0.5, 0.6) is 0 Å². The molecule has 0 atom stereocenters. The predicted octanol–water partition coefficient (Wildman–Crippen LogP) is 0.260. The highest BCUT2D eigenvalue weighted by molar-refractivity contribution is 7.86. The van der Waals surface area contributed by atoms with Gasteiger partial charge in [-0.2, -0.15) is 8.42 Å². The Morgan fingerprint density at radius 3 is 2.15 bits per heavy atom. The molecule has 0 amide bonds.